The maximum atomic E-state index is 11.9. The number of nitrogens with two attached hydrogens (primary N) is 1. The van der Waals surface area contributed by atoms with Crippen LogP contribution in [-0.4, -0.2) is 12.5 Å². The highest BCUT2D eigenvalue weighted by Crippen LogP contribution is 2.30. The highest BCUT2D eigenvalue weighted by molar-refractivity contribution is 9.10. The Bertz CT molecular complexity index is 649. The van der Waals surface area contributed by atoms with Gasteiger partial charge in [0.05, 0.1) is 28.2 Å². The van der Waals surface area contributed by atoms with Crippen LogP contribution in [0.25, 0.3) is 0 Å². The summed E-state index contributed by atoms with van der Waals surface area (Å²) in [5, 5.41) is 3.32. The molecular weight excluding hydrogens is 356 g/mol. The summed E-state index contributed by atoms with van der Waals surface area (Å²) in [4.78, 5) is 11.9. The molecule has 0 aliphatic heterocycles. The molecule has 0 aliphatic rings. The van der Waals surface area contributed by atoms with Gasteiger partial charge in [-0.25, -0.2) is 0 Å². The fraction of sp³-hybridized carbons (Fsp3) is 0.133. The Morgan fingerprint density at radius 3 is 2.81 bits per heavy atom. The number of amides is 1. The van der Waals surface area contributed by atoms with Gasteiger partial charge in [0.25, 0.3) is 0 Å². The molecule has 0 bridgehead atoms. The average Bonchev–Trinajstić information content (AvgIpc) is 2.44. The standard InChI is InChI=1S/C15H14BrClN2O2/c16-15-12(17)5-2-6-13(15)19-14(20)7-8-21-11-4-1-3-10(18)9-11/h1-6,9H,7-8,18H2,(H,19,20). The molecule has 4 nitrogen and oxygen atoms in total. The number of nitrogen functional groups attached to an aromatic ring is 1. The Balaban J connectivity index is 1.84. The Hall–Kier alpha value is -1.72. The van der Waals surface area contributed by atoms with Crippen LogP contribution in [0.3, 0.4) is 0 Å². The van der Waals surface area contributed by atoms with Gasteiger partial charge in [-0.3, -0.25) is 4.79 Å². The van der Waals surface area contributed by atoms with Crippen LogP contribution < -0.4 is 15.8 Å². The maximum Gasteiger partial charge on any atom is 0.227 e. The van der Waals surface area contributed by atoms with Gasteiger partial charge in [-0.05, 0) is 40.2 Å². The Labute approximate surface area is 136 Å². The fourth-order valence-electron chi connectivity index (χ4n) is 1.68. The van der Waals surface area contributed by atoms with Crippen LogP contribution in [0.5, 0.6) is 5.75 Å². The molecule has 1 amide bonds. The predicted octanol–water partition coefficient (Wildman–Crippen LogP) is 4.09. The minimum absolute atomic E-state index is 0.151. The minimum atomic E-state index is -0.151. The number of hydrogen-bond acceptors (Lipinski definition) is 3. The molecule has 0 saturated heterocycles. The number of carbonyl (C=O) groups excluding carboxylic acids is 1. The van der Waals surface area contributed by atoms with Gasteiger partial charge in [-0.2, -0.15) is 0 Å². The summed E-state index contributed by atoms with van der Waals surface area (Å²) < 4.78 is 6.13. The van der Waals surface area contributed by atoms with E-state index in [1.165, 1.54) is 0 Å². The van der Waals surface area contributed by atoms with Gasteiger partial charge in [0.2, 0.25) is 5.91 Å². The van der Waals surface area contributed by atoms with E-state index in [2.05, 4.69) is 21.2 Å². The van der Waals surface area contributed by atoms with E-state index in [-0.39, 0.29) is 18.9 Å². The highest BCUT2D eigenvalue weighted by atomic mass is 79.9. The van der Waals surface area contributed by atoms with E-state index in [1.807, 2.05) is 0 Å². The average molecular weight is 370 g/mol. The molecule has 0 unspecified atom stereocenters. The summed E-state index contributed by atoms with van der Waals surface area (Å²) in [5.74, 6) is 0.494. The molecule has 0 aromatic heterocycles. The Morgan fingerprint density at radius 1 is 1.29 bits per heavy atom. The van der Waals surface area contributed by atoms with Gasteiger partial charge in [-0.15, -0.1) is 0 Å². The van der Waals surface area contributed by atoms with E-state index in [4.69, 9.17) is 22.1 Å². The normalized spacial score (nSPS) is 10.2. The first-order valence-electron chi connectivity index (χ1n) is 6.28. The van der Waals surface area contributed by atoms with Crippen LogP contribution in [0.15, 0.2) is 46.9 Å². The lowest BCUT2D eigenvalue weighted by molar-refractivity contribution is -0.116. The van der Waals surface area contributed by atoms with Gasteiger partial charge in [0.1, 0.15) is 5.75 Å². The second-order valence-electron chi connectivity index (χ2n) is 4.32. The third kappa shape index (κ3) is 4.65. The van der Waals surface area contributed by atoms with Crippen molar-refractivity contribution in [1.82, 2.24) is 0 Å². The van der Waals surface area contributed by atoms with Crippen molar-refractivity contribution in [2.24, 2.45) is 0 Å². The molecule has 2 aromatic carbocycles. The molecule has 0 spiro atoms. The van der Waals surface area contributed by atoms with Gasteiger partial charge < -0.3 is 15.8 Å². The zero-order valence-corrected chi connectivity index (χ0v) is 13.4. The number of anilines is 2. The lowest BCUT2D eigenvalue weighted by atomic mass is 10.3. The molecule has 0 radical (unpaired) electrons. The zero-order chi connectivity index (χ0) is 15.2. The third-order valence-electron chi connectivity index (χ3n) is 2.68. The second-order valence-corrected chi connectivity index (χ2v) is 5.52. The highest BCUT2D eigenvalue weighted by Gasteiger charge is 2.08. The SMILES string of the molecule is Nc1cccc(OCCC(=O)Nc2cccc(Cl)c2Br)c1. The largest absolute Gasteiger partial charge is 0.493 e. The van der Waals surface area contributed by atoms with Gasteiger partial charge in [0, 0.05) is 11.8 Å². The summed E-state index contributed by atoms with van der Waals surface area (Å²) >= 11 is 9.29. The number of carbonyl (C=O) groups is 1. The molecule has 0 atom stereocenters. The summed E-state index contributed by atoms with van der Waals surface area (Å²) in [6, 6.07) is 12.4. The van der Waals surface area contributed by atoms with E-state index in [0.29, 0.717) is 26.6 Å². The minimum Gasteiger partial charge on any atom is -0.493 e. The quantitative estimate of drug-likeness (QED) is 0.780. The lowest BCUT2D eigenvalue weighted by Crippen LogP contribution is -2.15. The van der Waals surface area contributed by atoms with Gasteiger partial charge in [0.15, 0.2) is 0 Å². The number of nitrogens with one attached hydrogen (secondary N) is 1. The predicted molar refractivity (Wildman–Crippen MR) is 88.7 cm³/mol. The van der Waals surface area contributed by atoms with E-state index >= 15 is 0 Å². The molecule has 3 N–H and O–H groups in total. The van der Waals surface area contributed by atoms with Crippen LogP contribution in [-0.2, 0) is 4.79 Å². The molecule has 0 heterocycles. The summed E-state index contributed by atoms with van der Waals surface area (Å²) in [5.41, 5.74) is 6.91. The first kappa shape index (κ1) is 15.7. The van der Waals surface area contributed by atoms with Crippen LogP contribution in [0.2, 0.25) is 5.02 Å². The molecule has 0 saturated carbocycles. The smallest absolute Gasteiger partial charge is 0.227 e. The van der Waals surface area contributed by atoms with E-state index in [0.717, 1.165) is 0 Å². The topological polar surface area (TPSA) is 64.3 Å². The van der Waals surface area contributed by atoms with Crippen molar-refractivity contribution in [3.05, 3.63) is 52.0 Å². The van der Waals surface area contributed by atoms with Crippen molar-refractivity contribution in [3.8, 4) is 5.75 Å². The van der Waals surface area contributed by atoms with Crippen LogP contribution in [0.1, 0.15) is 6.42 Å². The molecule has 2 aromatic rings. The third-order valence-corrected chi connectivity index (χ3v) is 4.08. The first-order chi connectivity index (χ1) is 10.1. The number of ether oxygens (including phenoxy) is 1. The van der Waals surface area contributed by atoms with Crippen molar-refractivity contribution < 1.29 is 9.53 Å². The molecule has 110 valence electrons. The summed E-state index contributed by atoms with van der Waals surface area (Å²) in [6.07, 6.45) is 0.230. The number of halogens is 2. The lowest BCUT2D eigenvalue weighted by Gasteiger charge is -2.09. The van der Waals surface area contributed by atoms with E-state index in [1.54, 1.807) is 42.5 Å². The molecular formula is C15H14BrClN2O2. The number of rotatable bonds is 5. The Morgan fingerprint density at radius 2 is 2.05 bits per heavy atom. The number of hydrogen-bond donors (Lipinski definition) is 2. The summed E-state index contributed by atoms with van der Waals surface area (Å²) in [6.45, 7) is 0.271. The van der Waals surface area contributed by atoms with Crippen molar-refractivity contribution in [3.63, 3.8) is 0 Å². The molecule has 2 rings (SSSR count). The molecule has 0 aliphatic carbocycles. The van der Waals surface area contributed by atoms with Crippen LogP contribution >= 0.6 is 27.5 Å². The monoisotopic (exact) mass is 368 g/mol. The van der Waals surface area contributed by atoms with E-state index < -0.39 is 0 Å². The van der Waals surface area contributed by atoms with E-state index in [9.17, 15) is 4.79 Å². The van der Waals surface area contributed by atoms with Crippen LogP contribution in [0, 0.1) is 0 Å². The van der Waals surface area contributed by atoms with Gasteiger partial charge in [-0.1, -0.05) is 23.7 Å². The Kier molecular flexibility index (Phi) is 5.47. The maximum absolute atomic E-state index is 11.9. The van der Waals surface area contributed by atoms with Gasteiger partial charge >= 0.3 is 0 Å². The number of benzene rings is 2. The molecule has 21 heavy (non-hydrogen) atoms. The fourth-order valence-corrected chi connectivity index (χ4v) is 2.22. The first-order valence-corrected chi connectivity index (χ1v) is 7.45. The second kappa shape index (κ2) is 7.33. The zero-order valence-electron chi connectivity index (χ0n) is 11.1. The summed E-state index contributed by atoms with van der Waals surface area (Å²) in [7, 11) is 0. The van der Waals surface area contributed by atoms with Crippen LogP contribution in [0.4, 0.5) is 11.4 Å². The van der Waals surface area contributed by atoms with Crippen molar-refractivity contribution in [2.75, 3.05) is 17.7 Å². The molecule has 6 heteroatoms. The van der Waals surface area contributed by atoms with Crippen molar-refractivity contribution in [1.29, 1.82) is 0 Å². The van der Waals surface area contributed by atoms with Crippen molar-refractivity contribution in [2.45, 2.75) is 6.42 Å². The molecule has 0 fully saturated rings. The van der Waals surface area contributed by atoms with Crippen molar-refractivity contribution >= 4 is 44.8 Å².